The van der Waals surface area contributed by atoms with E-state index in [0.717, 1.165) is 5.56 Å². The Morgan fingerprint density at radius 2 is 2.00 bits per heavy atom. The maximum atomic E-state index is 13.4. The molecule has 0 aliphatic rings. The molecule has 0 aliphatic carbocycles. The fourth-order valence-electron chi connectivity index (χ4n) is 1.70. The van der Waals surface area contributed by atoms with Crippen LogP contribution >= 0.6 is 0 Å². The van der Waals surface area contributed by atoms with Crippen molar-refractivity contribution >= 4 is 11.7 Å². The molecule has 0 radical (unpaired) electrons. The van der Waals surface area contributed by atoms with Crippen molar-refractivity contribution in [2.45, 2.75) is 13.5 Å². The lowest BCUT2D eigenvalue weighted by molar-refractivity contribution is 0.0468. The van der Waals surface area contributed by atoms with E-state index in [9.17, 15) is 9.18 Å². The number of esters is 1. The highest BCUT2D eigenvalue weighted by Gasteiger charge is 2.12. The molecule has 0 aliphatic heterocycles. The van der Waals surface area contributed by atoms with Crippen molar-refractivity contribution in [2.24, 2.45) is 0 Å². The average molecular weight is 259 g/mol. The van der Waals surface area contributed by atoms with Gasteiger partial charge < -0.3 is 10.5 Å². The van der Waals surface area contributed by atoms with Gasteiger partial charge in [-0.25, -0.2) is 9.18 Å². The zero-order valence-corrected chi connectivity index (χ0v) is 10.5. The van der Waals surface area contributed by atoms with Gasteiger partial charge in [0.25, 0.3) is 0 Å². The van der Waals surface area contributed by atoms with E-state index in [0.29, 0.717) is 16.8 Å². The lowest BCUT2D eigenvalue weighted by Gasteiger charge is -2.08. The normalized spacial score (nSPS) is 10.2. The average Bonchev–Trinajstić information content (AvgIpc) is 2.40. The second kappa shape index (κ2) is 5.52. The van der Waals surface area contributed by atoms with Gasteiger partial charge in [-0.2, -0.15) is 0 Å². The van der Waals surface area contributed by atoms with Crippen LogP contribution in [0, 0.1) is 12.7 Å². The Morgan fingerprint density at radius 3 is 2.74 bits per heavy atom. The molecule has 4 heteroatoms. The maximum absolute atomic E-state index is 13.4. The van der Waals surface area contributed by atoms with Crippen LogP contribution in [0.4, 0.5) is 10.1 Å². The van der Waals surface area contributed by atoms with Crippen molar-refractivity contribution in [3.63, 3.8) is 0 Å². The number of hydrogen-bond donors (Lipinski definition) is 1. The first-order chi connectivity index (χ1) is 9.08. The minimum absolute atomic E-state index is 0.0975. The number of benzene rings is 2. The highest BCUT2D eigenvalue weighted by atomic mass is 19.1. The second-order valence-electron chi connectivity index (χ2n) is 4.24. The number of hydrogen-bond acceptors (Lipinski definition) is 3. The minimum Gasteiger partial charge on any atom is -0.457 e. The third-order valence-electron chi connectivity index (χ3n) is 2.80. The largest absolute Gasteiger partial charge is 0.457 e. The van der Waals surface area contributed by atoms with E-state index < -0.39 is 5.97 Å². The van der Waals surface area contributed by atoms with Crippen LogP contribution in [0.5, 0.6) is 0 Å². The van der Waals surface area contributed by atoms with Crippen molar-refractivity contribution in [1.82, 2.24) is 0 Å². The number of carbonyl (C=O) groups is 1. The molecule has 2 aromatic rings. The third kappa shape index (κ3) is 3.10. The number of halogens is 1. The monoisotopic (exact) mass is 259 g/mol. The molecular weight excluding hydrogens is 245 g/mol. The molecule has 0 heterocycles. The van der Waals surface area contributed by atoms with Gasteiger partial charge in [-0.3, -0.25) is 0 Å². The van der Waals surface area contributed by atoms with Gasteiger partial charge in [0.15, 0.2) is 0 Å². The summed E-state index contributed by atoms with van der Waals surface area (Å²) in [4.78, 5) is 11.9. The molecule has 2 N–H and O–H groups in total. The molecule has 0 spiro atoms. The van der Waals surface area contributed by atoms with Crippen LogP contribution in [0.2, 0.25) is 0 Å². The van der Waals surface area contributed by atoms with Gasteiger partial charge in [0, 0.05) is 11.3 Å². The van der Waals surface area contributed by atoms with Gasteiger partial charge in [-0.1, -0.05) is 24.3 Å². The Labute approximate surface area is 110 Å². The van der Waals surface area contributed by atoms with E-state index in [1.165, 1.54) is 6.07 Å². The van der Waals surface area contributed by atoms with Gasteiger partial charge in [-0.15, -0.1) is 0 Å². The van der Waals surface area contributed by atoms with Gasteiger partial charge in [0.2, 0.25) is 0 Å². The van der Waals surface area contributed by atoms with Crippen molar-refractivity contribution < 1.29 is 13.9 Å². The van der Waals surface area contributed by atoms with Crippen LogP contribution in [0.25, 0.3) is 0 Å². The SMILES string of the molecule is Cc1ccc(N)cc1C(=O)OCc1ccccc1F. The second-order valence-corrected chi connectivity index (χ2v) is 4.24. The van der Waals surface area contributed by atoms with E-state index in [2.05, 4.69) is 0 Å². The van der Waals surface area contributed by atoms with E-state index in [4.69, 9.17) is 10.5 Å². The number of rotatable bonds is 3. The molecule has 3 nitrogen and oxygen atoms in total. The first-order valence-electron chi connectivity index (χ1n) is 5.84. The summed E-state index contributed by atoms with van der Waals surface area (Å²) in [5.74, 6) is -0.896. The van der Waals surface area contributed by atoms with Crippen LogP contribution in [0.3, 0.4) is 0 Å². The van der Waals surface area contributed by atoms with Crippen LogP contribution in [0.1, 0.15) is 21.5 Å². The van der Waals surface area contributed by atoms with Crippen molar-refractivity contribution in [2.75, 3.05) is 5.73 Å². The molecule has 0 fully saturated rings. The van der Waals surface area contributed by atoms with Crippen LogP contribution in [0.15, 0.2) is 42.5 Å². The number of aryl methyl sites for hydroxylation is 1. The molecule has 0 amide bonds. The molecule has 2 aromatic carbocycles. The molecule has 0 bridgehead atoms. The zero-order valence-electron chi connectivity index (χ0n) is 10.5. The number of ether oxygens (including phenoxy) is 1. The van der Waals surface area contributed by atoms with Crippen molar-refractivity contribution in [1.29, 1.82) is 0 Å². The van der Waals surface area contributed by atoms with Gasteiger partial charge >= 0.3 is 5.97 Å². The topological polar surface area (TPSA) is 52.3 Å². The van der Waals surface area contributed by atoms with Crippen LogP contribution < -0.4 is 5.73 Å². The summed E-state index contributed by atoms with van der Waals surface area (Å²) in [5, 5.41) is 0. The molecule has 0 saturated carbocycles. The Kier molecular flexibility index (Phi) is 3.80. The van der Waals surface area contributed by atoms with Crippen molar-refractivity contribution in [3.05, 3.63) is 65.0 Å². The molecule has 0 unspecified atom stereocenters. The van der Waals surface area contributed by atoms with Gasteiger partial charge in [0.05, 0.1) is 5.56 Å². The fraction of sp³-hybridized carbons (Fsp3) is 0.133. The van der Waals surface area contributed by atoms with E-state index >= 15 is 0 Å². The first kappa shape index (κ1) is 13.1. The number of carbonyl (C=O) groups excluding carboxylic acids is 1. The predicted octanol–water partition coefficient (Wildman–Crippen LogP) is 3.07. The molecule has 0 atom stereocenters. The summed E-state index contributed by atoms with van der Waals surface area (Å²) >= 11 is 0. The number of nitrogen functional groups attached to an aromatic ring is 1. The summed E-state index contributed by atoms with van der Waals surface area (Å²) in [5.41, 5.74) is 7.63. The van der Waals surface area contributed by atoms with Crippen molar-refractivity contribution in [3.8, 4) is 0 Å². The number of nitrogens with two attached hydrogens (primary N) is 1. The lowest BCUT2D eigenvalue weighted by Crippen LogP contribution is -2.08. The first-order valence-corrected chi connectivity index (χ1v) is 5.84. The smallest absolute Gasteiger partial charge is 0.338 e. The zero-order chi connectivity index (χ0) is 13.8. The van der Waals surface area contributed by atoms with Gasteiger partial charge in [0.1, 0.15) is 12.4 Å². The van der Waals surface area contributed by atoms with Crippen LogP contribution in [-0.2, 0) is 11.3 Å². The molecule has 19 heavy (non-hydrogen) atoms. The van der Waals surface area contributed by atoms with Crippen LogP contribution in [-0.4, -0.2) is 5.97 Å². The Balaban J connectivity index is 2.10. The predicted molar refractivity (Wildman–Crippen MR) is 71.1 cm³/mol. The summed E-state index contributed by atoms with van der Waals surface area (Å²) in [6.45, 7) is 1.69. The van der Waals surface area contributed by atoms with Gasteiger partial charge in [-0.05, 0) is 30.7 Å². The Hall–Kier alpha value is -2.36. The van der Waals surface area contributed by atoms with E-state index in [1.54, 1.807) is 43.3 Å². The fourth-order valence-corrected chi connectivity index (χ4v) is 1.70. The number of anilines is 1. The molecule has 0 aromatic heterocycles. The highest BCUT2D eigenvalue weighted by Crippen LogP contribution is 2.15. The third-order valence-corrected chi connectivity index (χ3v) is 2.80. The molecule has 0 saturated heterocycles. The molecule has 2 rings (SSSR count). The lowest BCUT2D eigenvalue weighted by atomic mass is 10.1. The summed E-state index contributed by atoms with van der Waals surface area (Å²) in [6, 6.07) is 11.2. The maximum Gasteiger partial charge on any atom is 0.338 e. The quantitative estimate of drug-likeness (QED) is 0.680. The summed E-state index contributed by atoms with van der Waals surface area (Å²) in [6.07, 6.45) is 0. The minimum atomic E-state index is -0.506. The standard InChI is InChI=1S/C15H14FNO2/c1-10-6-7-12(17)8-13(10)15(18)19-9-11-4-2-3-5-14(11)16/h2-8H,9,17H2,1H3. The molecular formula is C15H14FNO2. The Morgan fingerprint density at radius 1 is 1.26 bits per heavy atom. The summed E-state index contributed by atoms with van der Waals surface area (Å²) < 4.78 is 18.5. The molecule has 98 valence electrons. The Bertz CT molecular complexity index is 611. The summed E-state index contributed by atoms with van der Waals surface area (Å²) in [7, 11) is 0. The van der Waals surface area contributed by atoms with E-state index in [-0.39, 0.29) is 12.4 Å². The highest BCUT2D eigenvalue weighted by molar-refractivity contribution is 5.92. The van der Waals surface area contributed by atoms with E-state index in [1.807, 2.05) is 0 Å².